The van der Waals surface area contributed by atoms with Crippen LogP contribution in [-0.2, 0) is 26.1 Å². The molecule has 0 aliphatic carbocycles. The zero-order valence-corrected chi connectivity index (χ0v) is 19.8. The molecule has 1 N–H and O–H groups in total. The molecular weight excluding hydrogens is 507 g/mol. The number of alkyl halides is 3. The van der Waals surface area contributed by atoms with E-state index in [1.54, 1.807) is 11.1 Å². The number of carbonyl (C=O) groups is 1. The first-order chi connectivity index (χ1) is 17.0. The topological polar surface area (TPSA) is 125 Å². The highest BCUT2D eigenvalue weighted by molar-refractivity contribution is 7.89. The normalized spacial score (nSPS) is 20.3. The number of aromatic nitrogens is 2. The Bertz CT molecular complexity index is 1160. The maximum Gasteiger partial charge on any atom is 0.573 e. The van der Waals surface area contributed by atoms with E-state index in [0.717, 1.165) is 47.4 Å². The van der Waals surface area contributed by atoms with Gasteiger partial charge in [0.15, 0.2) is 0 Å². The Kier molecular flexibility index (Phi) is 7.63. The fraction of sp³-hybridized carbons (Fsp3) is 0.476. The summed E-state index contributed by atoms with van der Waals surface area (Å²) >= 11 is 0. The molecule has 1 aromatic heterocycles. The van der Waals surface area contributed by atoms with E-state index in [4.69, 9.17) is 4.74 Å². The standard InChI is InChI=1S/C21H24F3N5O6S/c22-21(23,24)35-16-1-3-17(4-2-16)36(32,33)29-6-5-28(14-18(29)20(30)31)19-12-25-15(11-26-19)13-27-7-9-34-10-8-27/h1-4,11-12,18H,5-10,13-14H2,(H,30,31)/t18-/m1/s1. The zero-order chi connectivity index (χ0) is 25.9. The van der Waals surface area contributed by atoms with E-state index in [0.29, 0.717) is 25.6 Å². The number of carboxylic acids is 1. The summed E-state index contributed by atoms with van der Waals surface area (Å²) in [6.45, 7) is 3.29. The van der Waals surface area contributed by atoms with E-state index < -0.39 is 34.1 Å². The van der Waals surface area contributed by atoms with E-state index in [2.05, 4.69) is 19.6 Å². The second-order valence-electron chi connectivity index (χ2n) is 8.19. The van der Waals surface area contributed by atoms with E-state index in [-0.39, 0.29) is 24.5 Å². The summed E-state index contributed by atoms with van der Waals surface area (Å²) in [5.74, 6) is -1.54. The Morgan fingerprint density at radius 2 is 1.78 bits per heavy atom. The Balaban J connectivity index is 1.45. The number of sulfonamides is 1. The molecule has 36 heavy (non-hydrogen) atoms. The minimum absolute atomic E-state index is 0.149. The maximum absolute atomic E-state index is 13.1. The second kappa shape index (κ2) is 10.5. The smallest absolute Gasteiger partial charge is 0.480 e. The molecule has 0 bridgehead atoms. The third kappa shape index (κ3) is 6.21. The zero-order valence-electron chi connectivity index (χ0n) is 19.0. The lowest BCUT2D eigenvalue weighted by atomic mass is 10.2. The SMILES string of the molecule is O=C(O)[C@H]1CN(c2cnc(CN3CCOCC3)cn2)CCN1S(=O)(=O)c1ccc(OC(F)(F)F)cc1. The van der Waals surface area contributed by atoms with Crippen LogP contribution in [0.15, 0.2) is 41.6 Å². The molecular formula is C21H24F3N5O6S. The van der Waals surface area contributed by atoms with Gasteiger partial charge in [0.25, 0.3) is 0 Å². The molecule has 2 aromatic rings. The summed E-state index contributed by atoms with van der Waals surface area (Å²) in [7, 11) is -4.31. The molecule has 2 saturated heterocycles. The highest BCUT2D eigenvalue weighted by atomic mass is 32.2. The van der Waals surface area contributed by atoms with E-state index >= 15 is 0 Å². The fourth-order valence-corrected chi connectivity index (χ4v) is 5.56. The van der Waals surface area contributed by atoms with Crippen molar-refractivity contribution in [2.75, 3.05) is 50.8 Å². The lowest BCUT2D eigenvalue weighted by Crippen LogP contribution is -2.58. The molecule has 2 aliphatic rings. The third-order valence-electron chi connectivity index (χ3n) is 5.79. The first-order valence-electron chi connectivity index (χ1n) is 11.0. The van der Waals surface area contributed by atoms with Crippen molar-refractivity contribution in [2.24, 2.45) is 0 Å². The molecule has 15 heteroatoms. The molecule has 0 amide bonds. The lowest BCUT2D eigenvalue weighted by molar-refractivity contribution is -0.274. The van der Waals surface area contributed by atoms with Crippen molar-refractivity contribution < 1.29 is 41.0 Å². The highest BCUT2D eigenvalue weighted by Gasteiger charge is 2.41. The molecule has 0 unspecified atom stereocenters. The quantitative estimate of drug-likeness (QED) is 0.557. The fourth-order valence-electron chi connectivity index (χ4n) is 3.99. The number of carboxylic acid groups (broad SMARTS) is 1. The van der Waals surface area contributed by atoms with Gasteiger partial charge in [-0.1, -0.05) is 0 Å². The molecule has 1 aromatic carbocycles. The largest absolute Gasteiger partial charge is 0.573 e. The molecule has 0 spiro atoms. The van der Waals surface area contributed by atoms with Crippen LogP contribution in [0.3, 0.4) is 0 Å². The van der Waals surface area contributed by atoms with Gasteiger partial charge in [0.2, 0.25) is 10.0 Å². The van der Waals surface area contributed by atoms with Gasteiger partial charge in [-0.15, -0.1) is 13.2 Å². The molecule has 4 rings (SSSR count). The number of aliphatic carboxylic acids is 1. The number of ether oxygens (including phenoxy) is 2. The van der Waals surface area contributed by atoms with Crippen LogP contribution in [0, 0.1) is 0 Å². The van der Waals surface area contributed by atoms with E-state index in [9.17, 15) is 31.5 Å². The van der Waals surface area contributed by atoms with Crippen LogP contribution in [0.5, 0.6) is 5.75 Å². The van der Waals surface area contributed by atoms with Gasteiger partial charge in [-0.05, 0) is 24.3 Å². The van der Waals surface area contributed by atoms with Gasteiger partial charge < -0.3 is 19.5 Å². The van der Waals surface area contributed by atoms with Crippen molar-refractivity contribution in [2.45, 2.75) is 23.8 Å². The van der Waals surface area contributed by atoms with Crippen LogP contribution in [0.25, 0.3) is 0 Å². The van der Waals surface area contributed by atoms with Gasteiger partial charge in [0.1, 0.15) is 17.6 Å². The maximum atomic E-state index is 13.1. The molecule has 11 nitrogen and oxygen atoms in total. The van der Waals surface area contributed by atoms with E-state index in [1.165, 1.54) is 6.20 Å². The van der Waals surface area contributed by atoms with Crippen LogP contribution in [0.4, 0.5) is 19.0 Å². The number of rotatable bonds is 7. The number of nitrogens with zero attached hydrogens (tertiary/aromatic N) is 5. The summed E-state index contributed by atoms with van der Waals surface area (Å²) in [5.41, 5.74) is 0.745. The van der Waals surface area contributed by atoms with Crippen molar-refractivity contribution in [3.05, 3.63) is 42.4 Å². The second-order valence-corrected chi connectivity index (χ2v) is 10.1. The molecule has 2 aliphatic heterocycles. The summed E-state index contributed by atoms with van der Waals surface area (Å²) < 4.78 is 73.3. The van der Waals surface area contributed by atoms with Crippen LogP contribution in [0.1, 0.15) is 5.69 Å². The lowest BCUT2D eigenvalue weighted by Gasteiger charge is -2.38. The summed E-state index contributed by atoms with van der Waals surface area (Å²) in [6, 6.07) is 2.17. The Morgan fingerprint density at radius 1 is 1.08 bits per heavy atom. The molecule has 0 radical (unpaired) electrons. The van der Waals surface area contributed by atoms with Gasteiger partial charge in [0.05, 0.1) is 36.2 Å². The average molecular weight is 532 g/mol. The number of morpholine rings is 1. The summed E-state index contributed by atoms with van der Waals surface area (Å²) in [5, 5.41) is 9.75. The molecule has 2 fully saturated rings. The minimum atomic E-state index is -4.92. The van der Waals surface area contributed by atoms with Gasteiger partial charge in [-0.3, -0.25) is 14.7 Å². The number of hydrogen-bond donors (Lipinski definition) is 1. The summed E-state index contributed by atoms with van der Waals surface area (Å²) in [6.07, 6.45) is -1.79. The predicted octanol–water partition coefficient (Wildman–Crippen LogP) is 1.17. The van der Waals surface area contributed by atoms with Gasteiger partial charge in [-0.2, -0.15) is 4.31 Å². The van der Waals surface area contributed by atoms with Crippen molar-refractivity contribution in [3.8, 4) is 5.75 Å². The van der Waals surface area contributed by atoms with Gasteiger partial charge in [-0.25, -0.2) is 13.4 Å². The first-order valence-corrected chi connectivity index (χ1v) is 12.4. The monoisotopic (exact) mass is 531 g/mol. The van der Waals surface area contributed by atoms with Crippen LogP contribution < -0.4 is 9.64 Å². The minimum Gasteiger partial charge on any atom is -0.480 e. The molecule has 3 heterocycles. The van der Waals surface area contributed by atoms with Crippen molar-refractivity contribution in [1.82, 2.24) is 19.2 Å². The number of piperazine rings is 1. The van der Waals surface area contributed by atoms with Crippen LogP contribution >= 0.6 is 0 Å². The van der Waals surface area contributed by atoms with Crippen LogP contribution in [0.2, 0.25) is 0 Å². The molecule has 196 valence electrons. The molecule has 0 saturated carbocycles. The van der Waals surface area contributed by atoms with Gasteiger partial charge in [0, 0.05) is 39.3 Å². The number of hydrogen-bond acceptors (Lipinski definition) is 9. The Labute approximate surface area is 205 Å². The first kappa shape index (κ1) is 26.1. The molecule has 1 atom stereocenters. The number of benzene rings is 1. The van der Waals surface area contributed by atoms with Gasteiger partial charge >= 0.3 is 12.3 Å². The van der Waals surface area contributed by atoms with Crippen molar-refractivity contribution in [3.63, 3.8) is 0 Å². The number of halogens is 3. The Hall–Kier alpha value is -3.01. The summed E-state index contributed by atoms with van der Waals surface area (Å²) in [4.78, 5) is 24.2. The van der Waals surface area contributed by atoms with Crippen molar-refractivity contribution in [1.29, 1.82) is 0 Å². The van der Waals surface area contributed by atoms with Crippen LogP contribution in [-0.4, -0.2) is 97.0 Å². The average Bonchev–Trinajstić information content (AvgIpc) is 2.84. The Morgan fingerprint density at radius 3 is 2.36 bits per heavy atom. The predicted molar refractivity (Wildman–Crippen MR) is 119 cm³/mol. The third-order valence-corrected chi connectivity index (χ3v) is 7.71. The highest BCUT2D eigenvalue weighted by Crippen LogP contribution is 2.27. The number of anilines is 1. The van der Waals surface area contributed by atoms with Crippen molar-refractivity contribution >= 4 is 21.8 Å². The van der Waals surface area contributed by atoms with E-state index in [1.807, 2.05) is 0 Å².